The lowest BCUT2D eigenvalue weighted by Crippen LogP contribution is -2.31. The van der Waals surface area contributed by atoms with Crippen molar-refractivity contribution in [2.75, 3.05) is 18.0 Å². The fourth-order valence-corrected chi connectivity index (χ4v) is 2.60. The molecule has 19 heavy (non-hydrogen) atoms. The predicted octanol–water partition coefficient (Wildman–Crippen LogP) is 4.00. The molecular formula is C15H24BrN3. The first-order chi connectivity index (χ1) is 9.03. The van der Waals surface area contributed by atoms with E-state index in [0.717, 1.165) is 28.8 Å². The van der Waals surface area contributed by atoms with Gasteiger partial charge in [0.15, 0.2) is 0 Å². The van der Waals surface area contributed by atoms with Crippen molar-refractivity contribution in [2.45, 2.75) is 33.6 Å². The van der Waals surface area contributed by atoms with Gasteiger partial charge in [-0.25, -0.2) is 0 Å². The molecule has 0 unspecified atom stereocenters. The number of benzene rings is 1. The molecular weight excluding hydrogens is 302 g/mol. The highest BCUT2D eigenvalue weighted by molar-refractivity contribution is 9.10. The summed E-state index contributed by atoms with van der Waals surface area (Å²) < 4.78 is 1.02. The molecule has 0 heterocycles. The maximum atomic E-state index is 7.72. The zero-order valence-corrected chi connectivity index (χ0v) is 13.6. The minimum atomic E-state index is 0.130. The summed E-state index contributed by atoms with van der Waals surface area (Å²) in [4.78, 5) is 2.32. The quantitative estimate of drug-likeness (QED) is 0.588. The number of hydrogen-bond donors (Lipinski definition) is 2. The molecule has 0 amide bonds. The van der Waals surface area contributed by atoms with Crippen LogP contribution in [-0.4, -0.2) is 18.9 Å². The van der Waals surface area contributed by atoms with Gasteiger partial charge in [-0.2, -0.15) is 0 Å². The van der Waals surface area contributed by atoms with E-state index in [1.54, 1.807) is 0 Å². The Morgan fingerprint density at radius 2 is 1.95 bits per heavy atom. The average Bonchev–Trinajstić information content (AvgIpc) is 2.40. The molecule has 1 rings (SSSR count). The highest BCUT2D eigenvalue weighted by atomic mass is 79.9. The number of nitrogen functional groups attached to an aromatic ring is 1. The molecule has 1 aromatic rings. The lowest BCUT2D eigenvalue weighted by molar-refractivity contribution is 0.486. The molecule has 0 aromatic heterocycles. The Hall–Kier alpha value is -1.03. The van der Waals surface area contributed by atoms with Crippen molar-refractivity contribution in [1.82, 2.24) is 0 Å². The lowest BCUT2D eigenvalue weighted by Gasteiger charge is -2.29. The molecule has 1 aromatic carbocycles. The van der Waals surface area contributed by atoms with E-state index in [4.69, 9.17) is 11.1 Å². The van der Waals surface area contributed by atoms with E-state index in [1.807, 2.05) is 12.1 Å². The molecule has 0 bridgehead atoms. The summed E-state index contributed by atoms with van der Waals surface area (Å²) in [5, 5.41) is 7.72. The molecule has 0 aliphatic rings. The first-order valence-corrected chi connectivity index (χ1v) is 7.71. The second-order valence-corrected chi connectivity index (χ2v) is 5.71. The van der Waals surface area contributed by atoms with Gasteiger partial charge in [-0.3, -0.25) is 5.41 Å². The van der Waals surface area contributed by atoms with Crippen LogP contribution in [0, 0.1) is 11.3 Å². The van der Waals surface area contributed by atoms with Crippen LogP contribution in [0.2, 0.25) is 0 Å². The SMILES string of the molecule is CCC(CC)CN(CC)c1cc(Br)ccc1C(=N)N. The van der Waals surface area contributed by atoms with Crippen LogP contribution in [0.15, 0.2) is 22.7 Å². The molecule has 4 heteroatoms. The van der Waals surface area contributed by atoms with Crippen molar-refractivity contribution >= 4 is 27.5 Å². The molecule has 0 fully saturated rings. The van der Waals surface area contributed by atoms with E-state index < -0.39 is 0 Å². The first-order valence-electron chi connectivity index (χ1n) is 6.92. The third-order valence-electron chi connectivity index (χ3n) is 3.61. The van der Waals surface area contributed by atoms with Crippen LogP contribution in [0.5, 0.6) is 0 Å². The minimum Gasteiger partial charge on any atom is -0.384 e. The van der Waals surface area contributed by atoms with Crippen LogP contribution in [0.25, 0.3) is 0 Å². The Bertz CT molecular complexity index is 427. The van der Waals surface area contributed by atoms with E-state index in [9.17, 15) is 0 Å². The molecule has 0 aliphatic heterocycles. The summed E-state index contributed by atoms with van der Waals surface area (Å²) in [5.74, 6) is 0.809. The summed E-state index contributed by atoms with van der Waals surface area (Å²) >= 11 is 3.51. The van der Waals surface area contributed by atoms with Gasteiger partial charge in [0.1, 0.15) is 5.84 Å². The number of nitrogens with zero attached hydrogens (tertiary/aromatic N) is 1. The standard InChI is InChI=1S/C15H24BrN3/c1-4-11(5-2)10-19(6-3)14-9-12(16)7-8-13(14)15(17)18/h7-9,11H,4-6,10H2,1-3H3,(H3,17,18). The number of hydrogen-bond acceptors (Lipinski definition) is 2. The van der Waals surface area contributed by atoms with Gasteiger partial charge in [0, 0.05) is 28.8 Å². The molecule has 0 aliphatic carbocycles. The average molecular weight is 326 g/mol. The van der Waals surface area contributed by atoms with E-state index in [1.165, 1.54) is 12.8 Å². The van der Waals surface area contributed by atoms with Gasteiger partial charge in [-0.15, -0.1) is 0 Å². The van der Waals surface area contributed by atoms with Gasteiger partial charge in [0.25, 0.3) is 0 Å². The van der Waals surface area contributed by atoms with Crippen molar-refractivity contribution in [3.05, 3.63) is 28.2 Å². The van der Waals surface area contributed by atoms with Crippen LogP contribution in [0.1, 0.15) is 39.2 Å². The Morgan fingerprint density at radius 1 is 1.32 bits per heavy atom. The number of nitrogens with one attached hydrogen (secondary N) is 1. The van der Waals surface area contributed by atoms with Crippen molar-refractivity contribution in [2.24, 2.45) is 11.7 Å². The Kier molecular flexibility index (Phi) is 6.35. The second-order valence-electron chi connectivity index (χ2n) is 4.80. The molecule has 106 valence electrons. The molecule has 0 radical (unpaired) electrons. The van der Waals surface area contributed by atoms with E-state index in [-0.39, 0.29) is 5.84 Å². The smallest absolute Gasteiger partial charge is 0.124 e. The van der Waals surface area contributed by atoms with E-state index in [2.05, 4.69) is 47.7 Å². The highest BCUT2D eigenvalue weighted by Gasteiger charge is 2.15. The molecule has 0 spiro atoms. The van der Waals surface area contributed by atoms with Crippen molar-refractivity contribution < 1.29 is 0 Å². The van der Waals surface area contributed by atoms with Gasteiger partial charge in [0.2, 0.25) is 0 Å². The molecule has 3 nitrogen and oxygen atoms in total. The maximum Gasteiger partial charge on any atom is 0.124 e. The first kappa shape index (κ1) is 16.0. The van der Waals surface area contributed by atoms with Gasteiger partial charge in [-0.05, 0) is 31.0 Å². The van der Waals surface area contributed by atoms with Crippen LogP contribution in [0.3, 0.4) is 0 Å². The van der Waals surface area contributed by atoms with Gasteiger partial charge in [-0.1, -0.05) is 42.6 Å². The number of halogens is 1. The maximum absolute atomic E-state index is 7.72. The molecule has 3 N–H and O–H groups in total. The topological polar surface area (TPSA) is 53.1 Å². The number of anilines is 1. The van der Waals surface area contributed by atoms with Gasteiger partial charge < -0.3 is 10.6 Å². The fourth-order valence-electron chi connectivity index (χ4n) is 2.25. The zero-order valence-electron chi connectivity index (χ0n) is 12.0. The Balaban J connectivity index is 3.09. The van der Waals surface area contributed by atoms with Crippen LogP contribution in [0.4, 0.5) is 5.69 Å². The summed E-state index contributed by atoms with van der Waals surface area (Å²) in [6, 6.07) is 5.91. The summed E-state index contributed by atoms with van der Waals surface area (Å²) in [7, 11) is 0. The minimum absolute atomic E-state index is 0.130. The van der Waals surface area contributed by atoms with Crippen molar-refractivity contribution in [3.63, 3.8) is 0 Å². The third kappa shape index (κ3) is 4.23. The second kappa shape index (κ2) is 7.53. The van der Waals surface area contributed by atoms with Crippen LogP contribution in [-0.2, 0) is 0 Å². The zero-order chi connectivity index (χ0) is 14.4. The van der Waals surface area contributed by atoms with E-state index in [0.29, 0.717) is 5.92 Å². The molecule has 0 saturated heterocycles. The summed E-state index contributed by atoms with van der Waals surface area (Å²) in [6.45, 7) is 8.55. The third-order valence-corrected chi connectivity index (χ3v) is 4.10. The number of amidine groups is 1. The van der Waals surface area contributed by atoms with Crippen LogP contribution >= 0.6 is 15.9 Å². The monoisotopic (exact) mass is 325 g/mol. The van der Waals surface area contributed by atoms with Gasteiger partial charge in [0.05, 0.1) is 0 Å². The van der Waals surface area contributed by atoms with Crippen LogP contribution < -0.4 is 10.6 Å². The predicted molar refractivity (Wildman–Crippen MR) is 87.1 cm³/mol. The normalized spacial score (nSPS) is 10.8. The Morgan fingerprint density at radius 3 is 2.42 bits per heavy atom. The van der Waals surface area contributed by atoms with Crippen molar-refractivity contribution in [1.29, 1.82) is 5.41 Å². The van der Waals surface area contributed by atoms with Gasteiger partial charge >= 0.3 is 0 Å². The summed E-state index contributed by atoms with van der Waals surface area (Å²) in [5.41, 5.74) is 7.56. The lowest BCUT2D eigenvalue weighted by atomic mass is 10.0. The molecule has 0 saturated carbocycles. The number of nitrogens with two attached hydrogens (primary N) is 1. The highest BCUT2D eigenvalue weighted by Crippen LogP contribution is 2.26. The summed E-state index contributed by atoms with van der Waals surface area (Å²) in [6.07, 6.45) is 2.35. The largest absolute Gasteiger partial charge is 0.384 e. The number of rotatable bonds is 7. The van der Waals surface area contributed by atoms with E-state index >= 15 is 0 Å². The van der Waals surface area contributed by atoms with Crippen molar-refractivity contribution in [3.8, 4) is 0 Å². The Labute approximate surface area is 124 Å². The molecule has 0 atom stereocenters. The fraction of sp³-hybridized carbons (Fsp3) is 0.533.